The Morgan fingerprint density at radius 2 is 1.59 bits per heavy atom. The predicted molar refractivity (Wildman–Crippen MR) is 73.5 cm³/mol. The van der Waals surface area contributed by atoms with E-state index >= 15 is 0 Å². The van der Waals surface area contributed by atoms with E-state index in [1.165, 1.54) is 0 Å². The van der Waals surface area contributed by atoms with Crippen molar-refractivity contribution < 1.29 is 4.74 Å². The van der Waals surface area contributed by atoms with Crippen molar-refractivity contribution in [3.8, 4) is 5.75 Å². The zero-order valence-corrected chi connectivity index (χ0v) is 11.5. The van der Waals surface area contributed by atoms with Crippen LogP contribution in [0, 0.1) is 0 Å². The lowest BCUT2D eigenvalue weighted by Gasteiger charge is -2.30. The van der Waals surface area contributed by atoms with Crippen LogP contribution in [0.2, 0.25) is 0 Å². The standard InChI is InChI=1S/C15H25NO/c1-13(2)16(14(3)4)11-8-12-17-15-9-6-5-7-10-15/h5-7,9-10,13-14H,8,11-12H2,1-4H3. The molecule has 96 valence electrons. The van der Waals surface area contributed by atoms with E-state index in [1.807, 2.05) is 30.3 Å². The summed E-state index contributed by atoms with van der Waals surface area (Å²) in [5.74, 6) is 0.966. The second kappa shape index (κ2) is 7.33. The van der Waals surface area contributed by atoms with Crippen LogP contribution >= 0.6 is 0 Å². The normalized spacial score (nSPS) is 11.5. The molecule has 0 bridgehead atoms. The molecule has 0 saturated heterocycles. The van der Waals surface area contributed by atoms with Gasteiger partial charge < -0.3 is 4.74 Å². The average Bonchev–Trinajstić information content (AvgIpc) is 2.29. The highest BCUT2D eigenvalue weighted by atomic mass is 16.5. The first-order chi connectivity index (χ1) is 8.11. The van der Waals surface area contributed by atoms with Gasteiger partial charge in [0.15, 0.2) is 0 Å². The van der Waals surface area contributed by atoms with Crippen LogP contribution in [-0.2, 0) is 0 Å². The first kappa shape index (κ1) is 14.0. The Balaban J connectivity index is 2.23. The molecule has 0 fully saturated rings. The van der Waals surface area contributed by atoms with Gasteiger partial charge in [-0.1, -0.05) is 18.2 Å². The van der Waals surface area contributed by atoms with Gasteiger partial charge in [0.2, 0.25) is 0 Å². The Kier molecular flexibility index (Phi) is 6.06. The maximum absolute atomic E-state index is 5.69. The molecule has 0 unspecified atom stereocenters. The molecule has 1 aromatic carbocycles. The highest BCUT2D eigenvalue weighted by molar-refractivity contribution is 5.20. The average molecular weight is 235 g/mol. The van der Waals surface area contributed by atoms with E-state index in [1.54, 1.807) is 0 Å². The third-order valence-electron chi connectivity index (χ3n) is 2.90. The summed E-state index contributed by atoms with van der Waals surface area (Å²) in [6.45, 7) is 10.9. The molecule has 0 saturated carbocycles. The van der Waals surface area contributed by atoms with Gasteiger partial charge in [-0.25, -0.2) is 0 Å². The van der Waals surface area contributed by atoms with Crippen molar-refractivity contribution in [2.75, 3.05) is 13.2 Å². The van der Waals surface area contributed by atoms with Crippen LogP contribution in [0.3, 0.4) is 0 Å². The maximum Gasteiger partial charge on any atom is 0.119 e. The van der Waals surface area contributed by atoms with Gasteiger partial charge in [0.05, 0.1) is 6.61 Å². The molecule has 0 spiro atoms. The van der Waals surface area contributed by atoms with Crippen LogP contribution in [0.15, 0.2) is 30.3 Å². The van der Waals surface area contributed by atoms with Crippen molar-refractivity contribution >= 4 is 0 Å². The number of hydrogen-bond acceptors (Lipinski definition) is 2. The molecule has 0 heterocycles. The van der Waals surface area contributed by atoms with Gasteiger partial charge in [0.1, 0.15) is 5.75 Å². The number of hydrogen-bond donors (Lipinski definition) is 0. The quantitative estimate of drug-likeness (QED) is 0.670. The fraction of sp³-hybridized carbons (Fsp3) is 0.600. The van der Waals surface area contributed by atoms with Gasteiger partial charge in [0.25, 0.3) is 0 Å². The summed E-state index contributed by atoms with van der Waals surface area (Å²) < 4.78 is 5.69. The van der Waals surface area contributed by atoms with Gasteiger partial charge in [-0.05, 0) is 46.2 Å². The monoisotopic (exact) mass is 235 g/mol. The Hall–Kier alpha value is -1.02. The maximum atomic E-state index is 5.69. The summed E-state index contributed by atoms with van der Waals surface area (Å²) >= 11 is 0. The van der Waals surface area contributed by atoms with E-state index in [9.17, 15) is 0 Å². The van der Waals surface area contributed by atoms with Gasteiger partial charge in [-0.3, -0.25) is 4.90 Å². The molecule has 2 nitrogen and oxygen atoms in total. The summed E-state index contributed by atoms with van der Waals surface area (Å²) in [4.78, 5) is 2.49. The molecule has 17 heavy (non-hydrogen) atoms. The Labute approximate surface area is 106 Å². The van der Waals surface area contributed by atoms with E-state index in [0.29, 0.717) is 12.1 Å². The molecule has 1 rings (SSSR count). The number of para-hydroxylation sites is 1. The van der Waals surface area contributed by atoms with Crippen molar-refractivity contribution in [1.29, 1.82) is 0 Å². The van der Waals surface area contributed by atoms with Crippen LogP contribution in [0.25, 0.3) is 0 Å². The molecule has 1 aromatic rings. The van der Waals surface area contributed by atoms with Gasteiger partial charge in [-0.15, -0.1) is 0 Å². The van der Waals surface area contributed by atoms with Crippen LogP contribution in [0.4, 0.5) is 0 Å². The zero-order valence-electron chi connectivity index (χ0n) is 11.5. The third-order valence-corrected chi connectivity index (χ3v) is 2.90. The van der Waals surface area contributed by atoms with Gasteiger partial charge in [0, 0.05) is 18.6 Å². The topological polar surface area (TPSA) is 12.5 Å². The summed E-state index contributed by atoms with van der Waals surface area (Å²) in [5, 5.41) is 0. The zero-order chi connectivity index (χ0) is 12.7. The van der Waals surface area contributed by atoms with Crippen molar-refractivity contribution in [3.05, 3.63) is 30.3 Å². The molecule has 0 atom stereocenters. The smallest absolute Gasteiger partial charge is 0.119 e. The predicted octanol–water partition coefficient (Wildman–Crippen LogP) is 3.57. The lowest BCUT2D eigenvalue weighted by atomic mass is 10.2. The molecule has 0 aliphatic heterocycles. The third kappa shape index (κ3) is 5.22. The summed E-state index contributed by atoms with van der Waals surface area (Å²) in [7, 11) is 0. The van der Waals surface area contributed by atoms with Crippen molar-refractivity contribution in [2.24, 2.45) is 0 Å². The van der Waals surface area contributed by atoms with Crippen LogP contribution in [-0.4, -0.2) is 30.1 Å². The minimum absolute atomic E-state index is 0.603. The molecular weight excluding hydrogens is 210 g/mol. The molecular formula is C15H25NO. The first-order valence-corrected chi connectivity index (χ1v) is 6.55. The minimum atomic E-state index is 0.603. The molecule has 0 N–H and O–H groups in total. The van der Waals surface area contributed by atoms with Crippen molar-refractivity contribution in [1.82, 2.24) is 4.90 Å². The molecule has 2 heteroatoms. The molecule has 0 radical (unpaired) electrons. The van der Waals surface area contributed by atoms with E-state index in [4.69, 9.17) is 4.74 Å². The van der Waals surface area contributed by atoms with Gasteiger partial charge >= 0.3 is 0 Å². The van der Waals surface area contributed by atoms with E-state index < -0.39 is 0 Å². The largest absolute Gasteiger partial charge is 0.494 e. The summed E-state index contributed by atoms with van der Waals surface area (Å²) in [5.41, 5.74) is 0. The van der Waals surface area contributed by atoms with E-state index in [0.717, 1.165) is 25.3 Å². The molecule has 0 aliphatic carbocycles. The van der Waals surface area contributed by atoms with Crippen molar-refractivity contribution in [2.45, 2.75) is 46.2 Å². The Morgan fingerprint density at radius 1 is 1.00 bits per heavy atom. The summed E-state index contributed by atoms with van der Waals surface area (Å²) in [6.07, 6.45) is 1.07. The highest BCUT2D eigenvalue weighted by Gasteiger charge is 2.12. The fourth-order valence-corrected chi connectivity index (χ4v) is 2.07. The SMILES string of the molecule is CC(C)N(CCCOc1ccccc1)C(C)C. The number of benzene rings is 1. The lowest BCUT2D eigenvalue weighted by Crippen LogP contribution is -2.38. The number of rotatable bonds is 7. The minimum Gasteiger partial charge on any atom is -0.494 e. The molecule has 0 aliphatic rings. The van der Waals surface area contributed by atoms with Crippen LogP contribution in [0.1, 0.15) is 34.1 Å². The highest BCUT2D eigenvalue weighted by Crippen LogP contribution is 2.10. The van der Waals surface area contributed by atoms with E-state index in [-0.39, 0.29) is 0 Å². The first-order valence-electron chi connectivity index (χ1n) is 6.55. The summed E-state index contributed by atoms with van der Waals surface area (Å²) in [6, 6.07) is 11.2. The molecule has 0 aromatic heterocycles. The van der Waals surface area contributed by atoms with Crippen LogP contribution in [0.5, 0.6) is 5.75 Å². The van der Waals surface area contributed by atoms with Crippen LogP contribution < -0.4 is 4.74 Å². The fourth-order valence-electron chi connectivity index (χ4n) is 2.07. The Bertz CT molecular complexity index is 287. The van der Waals surface area contributed by atoms with Gasteiger partial charge in [-0.2, -0.15) is 0 Å². The number of ether oxygens (including phenoxy) is 1. The number of nitrogens with zero attached hydrogens (tertiary/aromatic N) is 1. The lowest BCUT2D eigenvalue weighted by molar-refractivity contribution is 0.160. The van der Waals surface area contributed by atoms with Crippen molar-refractivity contribution in [3.63, 3.8) is 0 Å². The van der Waals surface area contributed by atoms with E-state index in [2.05, 4.69) is 32.6 Å². The second-order valence-electron chi connectivity index (χ2n) is 4.94. The molecule has 0 amide bonds. The Morgan fingerprint density at radius 3 is 2.12 bits per heavy atom. The second-order valence-corrected chi connectivity index (χ2v) is 4.94.